The molecule has 0 radical (unpaired) electrons. The molecule has 1 aromatic rings. The monoisotopic (exact) mass is 327 g/mol. The van der Waals surface area contributed by atoms with E-state index in [0.29, 0.717) is 16.5 Å². The summed E-state index contributed by atoms with van der Waals surface area (Å²) in [4.78, 5) is 14.2. The third-order valence-electron chi connectivity index (χ3n) is 1.62. The lowest BCUT2D eigenvalue weighted by Crippen LogP contribution is -2.02. The topological polar surface area (TPSA) is 30.0 Å². The van der Waals surface area contributed by atoms with Gasteiger partial charge in [0.15, 0.2) is 6.29 Å². The molecule has 0 fully saturated rings. The first-order valence-corrected chi connectivity index (χ1v) is 5.50. The molecular formula is C8H5Br2F2NO. The van der Waals surface area contributed by atoms with Gasteiger partial charge in [0.2, 0.25) is 0 Å². The van der Waals surface area contributed by atoms with Gasteiger partial charge in [0.25, 0.3) is 6.43 Å². The zero-order chi connectivity index (χ0) is 10.7. The SMILES string of the molecule is O=Cc1nc(Br)cc(CBr)c1C(F)F. The van der Waals surface area contributed by atoms with Crippen LogP contribution >= 0.6 is 31.9 Å². The van der Waals surface area contributed by atoms with Gasteiger partial charge in [0, 0.05) is 5.33 Å². The Labute approximate surface area is 96.0 Å². The number of aldehydes is 1. The van der Waals surface area contributed by atoms with Crippen LogP contribution in [0.4, 0.5) is 8.78 Å². The zero-order valence-corrected chi connectivity index (χ0v) is 9.98. The van der Waals surface area contributed by atoms with Gasteiger partial charge in [0.05, 0.1) is 5.56 Å². The zero-order valence-electron chi connectivity index (χ0n) is 6.81. The number of hydrogen-bond donors (Lipinski definition) is 0. The summed E-state index contributed by atoms with van der Waals surface area (Å²) in [7, 11) is 0. The van der Waals surface area contributed by atoms with Crippen LogP contribution in [-0.4, -0.2) is 11.3 Å². The summed E-state index contributed by atoms with van der Waals surface area (Å²) in [6.07, 6.45) is -2.36. The molecule has 0 unspecified atom stereocenters. The van der Waals surface area contributed by atoms with Crippen molar-refractivity contribution in [2.75, 3.05) is 0 Å². The van der Waals surface area contributed by atoms with Crippen molar-refractivity contribution in [2.24, 2.45) is 0 Å². The summed E-state index contributed by atoms with van der Waals surface area (Å²) in [5.74, 6) is 0. The van der Waals surface area contributed by atoms with Crippen LogP contribution in [0.5, 0.6) is 0 Å². The van der Waals surface area contributed by atoms with E-state index in [1.54, 1.807) is 0 Å². The number of rotatable bonds is 3. The van der Waals surface area contributed by atoms with E-state index < -0.39 is 6.43 Å². The van der Waals surface area contributed by atoms with Crippen LogP contribution in [0.1, 0.15) is 28.0 Å². The predicted molar refractivity (Wildman–Crippen MR) is 54.9 cm³/mol. The van der Waals surface area contributed by atoms with Gasteiger partial charge in [-0.3, -0.25) is 4.79 Å². The average molecular weight is 329 g/mol. The molecule has 1 rings (SSSR count). The molecule has 1 heterocycles. The van der Waals surface area contributed by atoms with Gasteiger partial charge in [-0.05, 0) is 27.6 Å². The van der Waals surface area contributed by atoms with E-state index in [0.717, 1.165) is 0 Å². The predicted octanol–water partition coefficient (Wildman–Crippen LogP) is 3.49. The van der Waals surface area contributed by atoms with Gasteiger partial charge >= 0.3 is 0 Å². The van der Waals surface area contributed by atoms with Gasteiger partial charge in [-0.25, -0.2) is 13.8 Å². The Kier molecular flexibility index (Phi) is 4.12. The standard InChI is InChI=1S/C8H5Br2F2NO/c9-2-4-1-6(10)13-5(3-14)7(4)8(11)12/h1,3,8H,2H2. The lowest BCUT2D eigenvalue weighted by molar-refractivity contribution is 0.110. The molecule has 14 heavy (non-hydrogen) atoms. The van der Waals surface area contributed by atoms with E-state index in [1.807, 2.05) is 0 Å². The molecule has 76 valence electrons. The van der Waals surface area contributed by atoms with Crippen molar-refractivity contribution in [3.8, 4) is 0 Å². The molecule has 0 atom stereocenters. The van der Waals surface area contributed by atoms with Gasteiger partial charge < -0.3 is 0 Å². The highest BCUT2D eigenvalue weighted by molar-refractivity contribution is 9.10. The number of carbonyl (C=O) groups excluding carboxylic acids is 1. The molecule has 0 aromatic carbocycles. The first-order chi connectivity index (χ1) is 6.60. The number of carbonyl (C=O) groups is 1. The Morgan fingerprint density at radius 3 is 2.64 bits per heavy atom. The molecule has 0 spiro atoms. The first kappa shape index (κ1) is 11.7. The lowest BCUT2D eigenvalue weighted by atomic mass is 10.1. The Bertz CT molecular complexity index is 357. The number of pyridine rings is 1. The Hall–Kier alpha value is -0.360. The molecule has 0 N–H and O–H groups in total. The maximum Gasteiger partial charge on any atom is 0.266 e. The lowest BCUT2D eigenvalue weighted by Gasteiger charge is -2.08. The van der Waals surface area contributed by atoms with Gasteiger partial charge in [-0.2, -0.15) is 0 Å². The number of alkyl halides is 3. The molecule has 0 amide bonds. The minimum Gasteiger partial charge on any atom is -0.296 e. The number of aromatic nitrogens is 1. The third kappa shape index (κ3) is 2.36. The highest BCUT2D eigenvalue weighted by Gasteiger charge is 2.19. The molecule has 0 saturated heterocycles. The van der Waals surface area contributed by atoms with Gasteiger partial charge in [0.1, 0.15) is 10.3 Å². The van der Waals surface area contributed by atoms with Gasteiger partial charge in [-0.15, -0.1) is 0 Å². The average Bonchev–Trinajstić information content (AvgIpc) is 2.15. The largest absolute Gasteiger partial charge is 0.296 e. The second-order valence-electron chi connectivity index (χ2n) is 2.46. The second kappa shape index (κ2) is 4.93. The summed E-state index contributed by atoms with van der Waals surface area (Å²) >= 11 is 6.12. The maximum atomic E-state index is 12.6. The fourth-order valence-corrected chi connectivity index (χ4v) is 1.98. The normalized spacial score (nSPS) is 10.6. The van der Waals surface area contributed by atoms with Crippen molar-refractivity contribution in [3.05, 3.63) is 27.5 Å². The van der Waals surface area contributed by atoms with Crippen molar-refractivity contribution >= 4 is 38.1 Å². The fourth-order valence-electron chi connectivity index (χ4n) is 1.05. The van der Waals surface area contributed by atoms with E-state index in [9.17, 15) is 13.6 Å². The minimum atomic E-state index is -2.69. The Morgan fingerprint density at radius 2 is 2.21 bits per heavy atom. The van der Waals surface area contributed by atoms with Crippen molar-refractivity contribution < 1.29 is 13.6 Å². The molecular weight excluding hydrogens is 324 g/mol. The van der Waals surface area contributed by atoms with Crippen molar-refractivity contribution in [3.63, 3.8) is 0 Å². The highest BCUT2D eigenvalue weighted by Crippen LogP contribution is 2.28. The number of nitrogens with zero attached hydrogens (tertiary/aromatic N) is 1. The summed E-state index contributed by atoms with van der Waals surface area (Å²) in [5.41, 5.74) is -0.159. The summed E-state index contributed by atoms with van der Waals surface area (Å²) in [6, 6.07) is 1.46. The second-order valence-corrected chi connectivity index (χ2v) is 3.83. The van der Waals surface area contributed by atoms with E-state index in [1.165, 1.54) is 6.07 Å². The van der Waals surface area contributed by atoms with Crippen LogP contribution < -0.4 is 0 Å². The fraction of sp³-hybridized carbons (Fsp3) is 0.250. The Morgan fingerprint density at radius 1 is 1.57 bits per heavy atom. The van der Waals surface area contributed by atoms with Crippen molar-refractivity contribution in [2.45, 2.75) is 11.8 Å². The van der Waals surface area contributed by atoms with E-state index in [2.05, 4.69) is 36.8 Å². The molecule has 2 nitrogen and oxygen atoms in total. The molecule has 0 saturated carbocycles. The van der Waals surface area contributed by atoms with Crippen LogP contribution in [0.3, 0.4) is 0 Å². The van der Waals surface area contributed by atoms with Crippen LogP contribution in [0.15, 0.2) is 10.7 Å². The molecule has 0 aliphatic rings. The quantitative estimate of drug-likeness (QED) is 0.483. The van der Waals surface area contributed by atoms with Crippen molar-refractivity contribution in [1.29, 1.82) is 0 Å². The van der Waals surface area contributed by atoms with Gasteiger partial charge in [-0.1, -0.05) is 15.9 Å². The maximum absolute atomic E-state index is 12.6. The first-order valence-electron chi connectivity index (χ1n) is 3.58. The highest BCUT2D eigenvalue weighted by atomic mass is 79.9. The van der Waals surface area contributed by atoms with Crippen molar-refractivity contribution in [1.82, 2.24) is 4.98 Å². The van der Waals surface area contributed by atoms with Crippen LogP contribution in [-0.2, 0) is 5.33 Å². The molecule has 0 aliphatic carbocycles. The molecule has 6 heteroatoms. The van der Waals surface area contributed by atoms with Crippen LogP contribution in [0, 0.1) is 0 Å². The van der Waals surface area contributed by atoms with Crippen LogP contribution in [0.2, 0.25) is 0 Å². The minimum absolute atomic E-state index is 0.219. The molecule has 0 bridgehead atoms. The van der Waals surface area contributed by atoms with E-state index in [-0.39, 0.29) is 16.6 Å². The summed E-state index contributed by atoms with van der Waals surface area (Å²) in [6.45, 7) is 0. The summed E-state index contributed by atoms with van der Waals surface area (Å²) < 4.78 is 25.5. The third-order valence-corrected chi connectivity index (χ3v) is 2.63. The van der Waals surface area contributed by atoms with E-state index >= 15 is 0 Å². The van der Waals surface area contributed by atoms with E-state index in [4.69, 9.17) is 0 Å². The van der Waals surface area contributed by atoms with Crippen LogP contribution in [0.25, 0.3) is 0 Å². The smallest absolute Gasteiger partial charge is 0.266 e. The summed E-state index contributed by atoms with van der Waals surface area (Å²) in [5, 5.41) is 0.259. The molecule has 0 aliphatic heterocycles. The Balaban J connectivity index is 3.40. The number of hydrogen-bond acceptors (Lipinski definition) is 2. The number of halogens is 4. The molecule has 1 aromatic heterocycles.